The molecule has 3 aromatic carbocycles. The fourth-order valence-electron chi connectivity index (χ4n) is 4.16. The SMILES string of the molecule is CCn1c(SCC(=O)Nc2ccc3ccccc3c2)nnc1-c1cn(CC)c2ccccc12. The number of carbonyl (C=O) groups is 1. The minimum Gasteiger partial charge on any atom is -0.347 e. The van der Waals surface area contributed by atoms with Crippen molar-refractivity contribution in [2.45, 2.75) is 32.1 Å². The lowest BCUT2D eigenvalue weighted by atomic mass is 10.1. The lowest BCUT2D eigenvalue weighted by Gasteiger charge is -2.08. The van der Waals surface area contributed by atoms with Gasteiger partial charge in [0, 0.05) is 41.4 Å². The Morgan fingerprint density at radius 3 is 2.55 bits per heavy atom. The molecule has 2 heterocycles. The molecule has 0 atom stereocenters. The third-order valence-corrected chi connectivity index (χ3v) is 6.74. The van der Waals surface area contributed by atoms with Crippen molar-refractivity contribution in [2.75, 3.05) is 11.1 Å². The Morgan fingerprint density at radius 2 is 1.73 bits per heavy atom. The standard InChI is InChI=1S/C26H25N5OS/c1-3-30-16-22(21-11-7-8-12-23(21)30)25-28-29-26(31(25)4-2)33-17-24(32)27-20-14-13-18-9-5-6-10-19(18)15-20/h5-16H,3-4,17H2,1-2H3,(H,27,32). The van der Waals surface area contributed by atoms with Gasteiger partial charge in [-0.1, -0.05) is 60.3 Å². The zero-order chi connectivity index (χ0) is 22.8. The molecule has 33 heavy (non-hydrogen) atoms. The molecule has 7 heteroatoms. The van der Waals surface area contributed by atoms with E-state index in [-0.39, 0.29) is 11.7 Å². The number of aryl methyl sites for hydroxylation is 1. The van der Waals surface area contributed by atoms with Crippen molar-refractivity contribution < 1.29 is 4.79 Å². The largest absolute Gasteiger partial charge is 0.347 e. The van der Waals surface area contributed by atoms with Crippen LogP contribution in [0.5, 0.6) is 0 Å². The second-order valence-corrected chi connectivity index (χ2v) is 8.74. The second-order valence-electron chi connectivity index (χ2n) is 7.80. The first kappa shape index (κ1) is 21.3. The Hall–Kier alpha value is -3.58. The molecule has 0 aliphatic rings. The van der Waals surface area contributed by atoms with Gasteiger partial charge in [-0.2, -0.15) is 0 Å². The maximum absolute atomic E-state index is 12.6. The van der Waals surface area contributed by atoms with E-state index in [0.29, 0.717) is 0 Å². The van der Waals surface area contributed by atoms with Gasteiger partial charge in [-0.25, -0.2) is 0 Å². The van der Waals surface area contributed by atoms with Crippen molar-refractivity contribution in [2.24, 2.45) is 0 Å². The minimum absolute atomic E-state index is 0.0648. The number of benzene rings is 3. The summed E-state index contributed by atoms with van der Waals surface area (Å²) in [5.74, 6) is 1.03. The molecule has 0 fully saturated rings. The molecule has 0 aliphatic carbocycles. The van der Waals surface area contributed by atoms with Crippen LogP contribution in [0.25, 0.3) is 33.1 Å². The smallest absolute Gasteiger partial charge is 0.234 e. The topological polar surface area (TPSA) is 64.7 Å². The first-order chi connectivity index (χ1) is 16.2. The molecule has 0 spiro atoms. The second kappa shape index (κ2) is 9.11. The summed E-state index contributed by atoms with van der Waals surface area (Å²) in [4.78, 5) is 12.6. The van der Waals surface area contributed by atoms with E-state index in [1.54, 1.807) is 0 Å². The molecule has 1 amide bonds. The van der Waals surface area contributed by atoms with E-state index in [2.05, 4.69) is 69.0 Å². The molecule has 6 nitrogen and oxygen atoms in total. The van der Waals surface area contributed by atoms with Crippen LogP contribution in [0, 0.1) is 0 Å². The zero-order valence-corrected chi connectivity index (χ0v) is 19.5. The van der Waals surface area contributed by atoms with Gasteiger partial charge in [0.2, 0.25) is 5.91 Å². The number of hydrogen-bond donors (Lipinski definition) is 1. The van der Waals surface area contributed by atoms with Gasteiger partial charge < -0.3 is 14.5 Å². The van der Waals surface area contributed by atoms with Gasteiger partial charge in [-0.15, -0.1) is 10.2 Å². The fourth-order valence-corrected chi connectivity index (χ4v) is 4.96. The number of fused-ring (bicyclic) bond motifs is 2. The van der Waals surface area contributed by atoms with E-state index in [1.807, 2.05) is 42.5 Å². The highest BCUT2D eigenvalue weighted by atomic mass is 32.2. The van der Waals surface area contributed by atoms with Crippen molar-refractivity contribution >= 4 is 45.0 Å². The molecular weight excluding hydrogens is 430 g/mol. The molecule has 0 bridgehead atoms. The average Bonchev–Trinajstić information content (AvgIpc) is 3.43. The van der Waals surface area contributed by atoms with E-state index in [1.165, 1.54) is 17.3 Å². The van der Waals surface area contributed by atoms with Crippen LogP contribution in [0.2, 0.25) is 0 Å². The van der Waals surface area contributed by atoms with Gasteiger partial charge in [0.15, 0.2) is 11.0 Å². The summed E-state index contributed by atoms with van der Waals surface area (Å²) in [5, 5.41) is 16.1. The van der Waals surface area contributed by atoms with Crippen LogP contribution in [0.15, 0.2) is 78.1 Å². The number of amides is 1. The molecule has 0 aliphatic heterocycles. The van der Waals surface area contributed by atoms with Crippen molar-refractivity contribution in [3.05, 3.63) is 72.9 Å². The van der Waals surface area contributed by atoms with Crippen LogP contribution in [0.1, 0.15) is 13.8 Å². The molecule has 0 radical (unpaired) electrons. The highest BCUT2D eigenvalue weighted by molar-refractivity contribution is 7.99. The van der Waals surface area contributed by atoms with Gasteiger partial charge in [-0.3, -0.25) is 4.79 Å². The third-order valence-electron chi connectivity index (χ3n) is 5.77. The third kappa shape index (κ3) is 4.12. The molecular formula is C26H25N5OS. The van der Waals surface area contributed by atoms with E-state index in [4.69, 9.17) is 0 Å². The number of anilines is 1. The number of thioether (sulfide) groups is 1. The fraction of sp³-hybridized carbons (Fsp3) is 0.192. The molecule has 5 aromatic rings. The number of para-hydroxylation sites is 1. The molecule has 0 unspecified atom stereocenters. The monoisotopic (exact) mass is 455 g/mol. The molecule has 5 rings (SSSR count). The van der Waals surface area contributed by atoms with E-state index < -0.39 is 0 Å². The highest BCUT2D eigenvalue weighted by Crippen LogP contribution is 2.31. The van der Waals surface area contributed by atoms with Crippen LogP contribution in [0.4, 0.5) is 5.69 Å². The summed E-state index contributed by atoms with van der Waals surface area (Å²) in [6, 6.07) is 22.4. The molecule has 0 saturated heterocycles. The summed E-state index contributed by atoms with van der Waals surface area (Å²) < 4.78 is 4.30. The van der Waals surface area contributed by atoms with Crippen LogP contribution in [0.3, 0.4) is 0 Å². The number of hydrogen-bond acceptors (Lipinski definition) is 4. The van der Waals surface area contributed by atoms with Gasteiger partial charge in [-0.05, 0) is 42.8 Å². The predicted octanol–water partition coefficient (Wildman–Crippen LogP) is 5.82. The molecule has 1 N–H and O–H groups in total. The Morgan fingerprint density at radius 1 is 0.939 bits per heavy atom. The quantitative estimate of drug-likeness (QED) is 0.314. The first-order valence-electron chi connectivity index (χ1n) is 11.1. The highest BCUT2D eigenvalue weighted by Gasteiger charge is 2.18. The van der Waals surface area contributed by atoms with Gasteiger partial charge in [0.1, 0.15) is 0 Å². The lowest BCUT2D eigenvalue weighted by Crippen LogP contribution is -2.14. The first-order valence-corrected chi connectivity index (χ1v) is 12.1. The Balaban J connectivity index is 1.34. The van der Waals surface area contributed by atoms with Gasteiger partial charge in [0.25, 0.3) is 0 Å². The number of aromatic nitrogens is 4. The van der Waals surface area contributed by atoms with E-state index >= 15 is 0 Å². The van der Waals surface area contributed by atoms with Crippen molar-refractivity contribution in [3.8, 4) is 11.4 Å². The zero-order valence-electron chi connectivity index (χ0n) is 18.7. The van der Waals surface area contributed by atoms with E-state index in [9.17, 15) is 4.79 Å². The average molecular weight is 456 g/mol. The number of nitrogens with one attached hydrogen (secondary N) is 1. The van der Waals surface area contributed by atoms with Crippen LogP contribution in [-0.2, 0) is 17.9 Å². The van der Waals surface area contributed by atoms with Crippen LogP contribution in [-0.4, -0.2) is 31.0 Å². The molecule has 2 aromatic heterocycles. The van der Waals surface area contributed by atoms with Crippen molar-refractivity contribution in [1.82, 2.24) is 19.3 Å². The summed E-state index contributed by atoms with van der Waals surface area (Å²) in [6.45, 7) is 5.82. The van der Waals surface area contributed by atoms with Crippen LogP contribution >= 0.6 is 11.8 Å². The Kier molecular flexibility index (Phi) is 5.88. The summed E-state index contributed by atoms with van der Waals surface area (Å²) in [5.41, 5.74) is 3.04. The lowest BCUT2D eigenvalue weighted by molar-refractivity contribution is -0.113. The Labute approximate surface area is 196 Å². The van der Waals surface area contributed by atoms with Gasteiger partial charge >= 0.3 is 0 Å². The normalized spacial score (nSPS) is 11.3. The maximum Gasteiger partial charge on any atom is 0.234 e. The number of rotatable bonds is 7. The molecule has 166 valence electrons. The predicted molar refractivity (Wildman–Crippen MR) is 136 cm³/mol. The molecule has 0 saturated carbocycles. The van der Waals surface area contributed by atoms with Crippen LogP contribution < -0.4 is 5.32 Å². The number of carbonyl (C=O) groups excluding carboxylic acids is 1. The number of nitrogens with zero attached hydrogens (tertiary/aromatic N) is 4. The van der Waals surface area contributed by atoms with Crippen molar-refractivity contribution in [3.63, 3.8) is 0 Å². The minimum atomic E-state index is -0.0648. The van der Waals surface area contributed by atoms with Gasteiger partial charge in [0.05, 0.1) is 5.75 Å². The van der Waals surface area contributed by atoms with E-state index in [0.717, 1.165) is 51.5 Å². The maximum atomic E-state index is 12.6. The van der Waals surface area contributed by atoms with Crippen molar-refractivity contribution in [1.29, 1.82) is 0 Å². The Bertz CT molecular complexity index is 1450. The summed E-state index contributed by atoms with van der Waals surface area (Å²) in [6.07, 6.45) is 2.14. The summed E-state index contributed by atoms with van der Waals surface area (Å²) in [7, 11) is 0. The summed E-state index contributed by atoms with van der Waals surface area (Å²) >= 11 is 1.41.